The Balaban J connectivity index is 2.53. The molecule has 1 amide bonds. The highest BCUT2D eigenvalue weighted by Gasteiger charge is 2.20. The first-order valence-corrected chi connectivity index (χ1v) is 4.69. The summed E-state index contributed by atoms with van der Waals surface area (Å²) in [7, 11) is 1.79. The number of hydrogen-bond donors (Lipinski definition) is 0. The summed E-state index contributed by atoms with van der Waals surface area (Å²) in [6, 6.07) is 5.83. The number of amides is 1. The van der Waals surface area contributed by atoms with Crippen LogP contribution in [-0.4, -0.2) is 19.6 Å². The van der Waals surface area contributed by atoms with Crippen LogP contribution in [0.4, 0.5) is 5.69 Å². The molecule has 0 radical (unpaired) electrons. The number of carbonyl (C=O) groups excluding carboxylic acids is 1. The number of para-hydroxylation sites is 1. The first kappa shape index (κ1) is 9.06. The fourth-order valence-electron chi connectivity index (χ4n) is 1.63. The van der Waals surface area contributed by atoms with Gasteiger partial charge in [-0.2, -0.15) is 0 Å². The van der Waals surface area contributed by atoms with Crippen molar-refractivity contribution >= 4 is 11.6 Å². The molecule has 0 spiro atoms. The van der Waals surface area contributed by atoms with Crippen molar-refractivity contribution in [1.82, 2.24) is 0 Å². The Morgan fingerprint density at radius 2 is 2.21 bits per heavy atom. The van der Waals surface area contributed by atoms with Gasteiger partial charge in [0.05, 0.1) is 18.7 Å². The largest absolute Gasteiger partial charge is 0.491 e. The normalized spacial score (nSPS) is 15.9. The summed E-state index contributed by atoms with van der Waals surface area (Å²) < 4.78 is 5.56. The Morgan fingerprint density at radius 3 is 3.00 bits per heavy atom. The van der Waals surface area contributed by atoms with Crippen molar-refractivity contribution in [1.29, 1.82) is 0 Å². The van der Waals surface area contributed by atoms with Crippen LogP contribution in [0.25, 0.3) is 0 Å². The Bertz CT molecular complexity index is 374. The van der Waals surface area contributed by atoms with E-state index >= 15 is 0 Å². The van der Waals surface area contributed by atoms with Crippen molar-refractivity contribution in [3.05, 3.63) is 23.8 Å². The zero-order chi connectivity index (χ0) is 10.1. The maximum Gasteiger partial charge on any atom is 0.230 e. The molecule has 0 saturated carbocycles. The second-order valence-corrected chi connectivity index (χ2v) is 3.47. The Kier molecular flexibility index (Phi) is 2.15. The van der Waals surface area contributed by atoms with E-state index in [2.05, 4.69) is 0 Å². The number of hydrogen-bond acceptors (Lipinski definition) is 2. The summed E-state index contributed by atoms with van der Waals surface area (Å²) in [6.45, 7) is 2.46. The molecule has 0 N–H and O–H groups in total. The minimum absolute atomic E-state index is 0.106. The first-order valence-electron chi connectivity index (χ1n) is 4.69. The van der Waals surface area contributed by atoms with Crippen LogP contribution >= 0.6 is 0 Å². The molecule has 0 unspecified atom stereocenters. The molecule has 74 valence electrons. The van der Waals surface area contributed by atoms with Crippen molar-refractivity contribution in [3.8, 4) is 5.75 Å². The van der Waals surface area contributed by atoms with E-state index in [4.69, 9.17) is 4.74 Å². The molecule has 1 aromatic carbocycles. The zero-order valence-corrected chi connectivity index (χ0v) is 8.41. The molecule has 0 bridgehead atoms. The van der Waals surface area contributed by atoms with E-state index in [-0.39, 0.29) is 5.91 Å². The molecule has 0 saturated heterocycles. The molecule has 3 heteroatoms. The molecule has 3 nitrogen and oxygen atoms in total. The Morgan fingerprint density at radius 1 is 1.43 bits per heavy atom. The lowest BCUT2D eigenvalue weighted by Gasteiger charge is -2.17. The maximum absolute atomic E-state index is 11.5. The zero-order valence-electron chi connectivity index (χ0n) is 8.41. The molecule has 1 aliphatic rings. The van der Waals surface area contributed by atoms with Crippen molar-refractivity contribution in [2.45, 2.75) is 13.3 Å². The van der Waals surface area contributed by atoms with Gasteiger partial charge in [0.25, 0.3) is 0 Å². The summed E-state index contributed by atoms with van der Waals surface area (Å²) >= 11 is 0. The van der Waals surface area contributed by atoms with Gasteiger partial charge in [-0.25, -0.2) is 0 Å². The summed E-state index contributed by atoms with van der Waals surface area (Å²) in [5, 5.41) is 0. The van der Waals surface area contributed by atoms with Gasteiger partial charge in [-0.1, -0.05) is 12.1 Å². The second kappa shape index (κ2) is 3.33. The fraction of sp³-hybridized carbons (Fsp3) is 0.364. The van der Waals surface area contributed by atoms with E-state index < -0.39 is 0 Å². The summed E-state index contributed by atoms with van der Waals surface area (Å²) in [5.41, 5.74) is 1.94. The van der Waals surface area contributed by atoms with Gasteiger partial charge >= 0.3 is 0 Å². The Hall–Kier alpha value is -1.51. The van der Waals surface area contributed by atoms with Crippen LogP contribution in [-0.2, 0) is 4.79 Å². The molecule has 0 atom stereocenters. The number of nitrogens with zero attached hydrogens (tertiary/aromatic N) is 1. The Labute approximate surface area is 83.3 Å². The van der Waals surface area contributed by atoms with Gasteiger partial charge in [-0.3, -0.25) is 4.79 Å². The number of fused-ring (bicyclic) bond motifs is 1. The third kappa shape index (κ3) is 1.35. The number of benzene rings is 1. The highest BCUT2D eigenvalue weighted by Crippen LogP contribution is 2.33. The van der Waals surface area contributed by atoms with E-state index in [9.17, 15) is 4.79 Å². The number of aryl methyl sites for hydroxylation is 1. The van der Waals surface area contributed by atoms with Gasteiger partial charge in [0, 0.05) is 7.05 Å². The van der Waals surface area contributed by atoms with Crippen LogP contribution in [0.5, 0.6) is 5.75 Å². The molecular weight excluding hydrogens is 178 g/mol. The lowest BCUT2D eigenvalue weighted by atomic mass is 10.2. The maximum atomic E-state index is 11.5. The van der Waals surface area contributed by atoms with E-state index in [1.807, 2.05) is 25.1 Å². The van der Waals surface area contributed by atoms with E-state index in [0.717, 1.165) is 17.0 Å². The summed E-state index contributed by atoms with van der Waals surface area (Å²) in [5.74, 6) is 0.940. The summed E-state index contributed by atoms with van der Waals surface area (Å²) in [4.78, 5) is 13.2. The smallest absolute Gasteiger partial charge is 0.230 e. The van der Waals surface area contributed by atoms with Crippen LogP contribution in [0.15, 0.2) is 18.2 Å². The van der Waals surface area contributed by atoms with Crippen LogP contribution in [0.2, 0.25) is 0 Å². The number of rotatable bonds is 0. The average Bonchev–Trinajstić information content (AvgIpc) is 2.31. The average molecular weight is 191 g/mol. The SMILES string of the molecule is Cc1cccc2c1OCCC(=O)N2C. The van der Waals surface area contributed by atoms with Crippen molar-refractivity contribution in [2.24, 2.45) is 0 Å². The van der Waals surface area contributed by atoms with Gasteiger partial charge in [-0.05, 0) is 18.6 Å². The van der Waals surface area contributed by atoms with Crippen LogP contribution in [0.3, 0.4) is 0 Å². The van der Waals surface area contributed by atoms with Crippen molar-refractivity contribution in [3.63, 3.8) is 0 Å². The quantitative estimate of drug-likeness (QED) is 0.625. The number of carbonyl (C=O) groups is 1. The van der Waals surface area contributed by atoms with Crippen molar-refractivity contribution < 1.29 is 9.53 Å². The molecule has 0 aromatic heterocycles. The predicted octanol–water partition coefficient (Wildman–Crippen LogP) is 1.74. The lowest BCUT2D eigenvalue weighted by molar-refractivity contribution is -0.118. The third-order valence-corrected chi connectivity index (χ3v) is 2.49. The van der Waals surface area contributed by atoms with Gasteiger partial charge in [0.2, 0.25) is 5.91 Å². The molecular formula is C11H13NO2. The van der Waals surface area contributed by atoms with Gasteiger partial charge in [0.1, 0.15) is 5.75 Å². The van der Waals surface area contributed by atoms with E-state index in [1.54, 1.807) is 11.9 Å². The summed E-state index contributed by atoms with van der Waals surface area (Å²) in [6.07, 6.45) is 0.449. The highest BCUT2D eigenvalue weighted by molar-refractivity contribution is 5.95. The lowest BCUT2D eigenvalue weighted by Crippen LogP contribution is -2.25. The molecule has 2 rings (SSSR count). The second-order valence-electron chi connectivity index (χ2n) is 3.47. The standard InChI is InChI=1S/C11H13NO2/c1-8-4-3-5-9-11(8)14-7-6-10(13)12(9)2/h3-5H,6-7H2,1-2H3. The molecule has 1 aliphatic heterocycles. The number of anilines is 1. The van der Waals surface area contributed by atoms with Crippen molar-refractivity contribution in [2.75, 3.05) is 18.6 Å². The van der Waals surface area contributed by atoms with Gasteiger partial charge in [0.15, 0.2) is 0 Å². The molecule has 0 fully saturated rings. The molecule has 1 aromatic rings. The minimum Gasteiger partial charge on any atom is -0.491 e. The van der Waals surface area contributed by atoms with E-state index in [1.165, 1.54) is 0 Å². The number of ether oxygens (including phenoxy) is 1. The van der Waals surface area contributed by atoms with Gasteiger partial charge < -0.3 is 9.64 Å². The predicted molar refractivity (Wildman–Crippen MR) is 54.7 cm³/mol. The highest BCUT2D eigenvalue weighted by atomic mass is 16.5. The third-order valence-electron chi connectivity index (χ3n) is 2.49. The van der Waals surface area contributed by atoms with E-state index in [0.29, 0.717) is 13.0 Å². The monoisotopic (exact) mass is 191 g/mol. The molecule has 1 heterocycles. The van der Waals surface area contributed by atoms with Crippen LogP contribution in [0, 0.1) is 6.92 Å². The van der Waals surface area contributed by atoms with Crippen LogP contribution in [0.1, 0.15) is 12.0 Å². The fourth-order valence-corrected chi connectivity index (χ4v) is 1.63. The molecule has 14 heavy (non-hydrogen) atoms. The van der Waals surface area contributed by atoms with Crippen LogP contribution < -0.4 is 9.64 Å². The molecule has 0 aliphatic carbocycles. The minimum atomic E-state index is 0.106. The first-order chi connectivity index (χ1) is 6.70. The van der Waals surface area contributed by atoms with Gasteiger partial charge in [-0.15, -0.1) is 0 Å². The topological polar surface area (TPSA) is 29.5 Å².